The van der Waals surface area contributed by atoms with Gasteiger partial charge in [-0.25, -0.2) is 9.97 Å². The molecule has 2 atom stereocenters. The predicted octanol–water partition coefficient (Wildman–Crippen LogP) is 4.17. The van der Waals surface area contributed by atoms with Crippen LogP contribution in [0.15, 0.2) is 60.9 Å². The van der Waals surface area contributed by atoms with Crippen LogP contribution in [0.1, 0.15) is 52.5 Å². The van der Waals surface area contributed by atoms with Gasteiger partial charge in [0.15, 0.2) is 0 Å². The first-order valence-electron chi connectivity index (χ1n) is 10.8. The van der Waals surface area contributed by atoms with Crippen molar-refractivity contribution in [1.82, 2.24) is 14.9 Å². The van der Waals surface area contributed by atoms with E-state index in [1.165, 1.54) is 18.4 Å². The van der Waals surface area contributed by atoms with E-state index in [4.69, 9.17) is 0 Å². The fourth-order valence-electron chi connectivity index (χ4n) is 5.71. The Morgan fingerprint density at radius 1 is 0.724 bits per heavy atom. The molecule has 1 aromatic heterocycles. The lowest BCUT2D eigenvalue weighted by molar-refractivity contribution is 0.247. The van der Waals surface area contributed by atoms with Gasteiger partial charge in [-0.3, -0.25) is 4.90 Å². The van der Waals surface area contributed by atoms with Crippen LogP contribution in [-0.2, 0) is 6.54 Å². The van der Waals surface area contributed by atoms with E-state index in [2.05, 4.69) is 62.2 Å². The summed E-state index contributed by atoms with van der Waals surface area (Å²) >= 11 is 0. The molecule has 1 fully saturated rings. The van der Waals surface area contributed by atoms with Crippen LogP contribution in [0.5, 0.6) is 0 Å². The van der Waals surface area contributed by atoms with Crippen LogP contribution < -0.4 is 4.90 Å². The highest BCUT2D eigenvalue weighted by Gasteiger charge is 2.38. The van der Waals surface area contributed by atoms with Gasteiger partial charge < -0.3 is 4.90 Å². The van der Waals surface area contributed by atoms with E-state index in [1.807, 2.05) is 18.5 Å². The van der Waals surface area contributed by atoms with E-state index in [0.29, 0.717) is 11.8 Å². The van der Waals surface area contributed by atoms with Crippen LogP contribution in [0, 0.1) is 0 Å². The normalized spacial score (nSPS) is 23.0. The third kappa shape index (κ3) is 2.85. The largest absolute Gasteiger partial charge is 0.338 e. The molecule has 2 aromatic carbocycles. The molecule has 7 rings (SSSR count). The average molecular weight is 383 g/mol. The highest BCUT2D eigenvalue weighted by Crippen LogP contribution is 2.53. The molecule has 4 heteroatoms. The number of nitrogens with zero attached hydrogens (tertiary/aromatic N) is 4. The summed E-state index contributed by atoms with van der Waals surface area (Å²) in [7, 11) is 0. The summed E-state index contributed by atoms with van der Waals surface area (Å²) in [5, 5.41) is 0. The summed E-state index contributed by atoms with van der Waals surface area (Å²) in [6.07, 6.45) is 6.26. The van der Waals surface area contributed by atoms with Crippen LogP contribution in [0.4, 0.5) is 5.95 Å². The Labute approximate surface area is 172 Å². The zero-order valence-corrected chi connectivity index (χ0v) is 16.7. The Kier molecular flexibility index (Phi) is 4.12. The molecule has 1 aliphatic heterocycles. The lowest BCUT2D eigenvalue weighted by Gasteiger charge is -2.42. The van der Waals surface area contributed by atoms with Crippen molar-refractivity contribution < 1.29 is 0 Å². The summed E-state index contributed by atoms with van der Waals surface area (Å²) in [5.74, 6) is 2.04. The second-order valence-electron chi connectivity index (χ2n) is 8.54. The number of rotatable bonds is 3. The number of hydrogen-bond acceptors (Lipinski definition) is 4. The third-order valence-electron chi connectivity index (χ3n) is 7.05. The van der Waals surface area contributed by atoms with Crippen LogP contribution in [0.3, 0.4) is 0 Å². The average Bonchev–Trinajstić information content (AvgIpc) is 2.81. The molecule has 29 heavy (non-hydrogen) atoms. The summed E-state index contributed by atoms with van der Waals surface area (Å²) in [6, 6.07) is 18.1. The molecule has 4 aliphatic rings. The minimum absolute atomic E-state index is 0.585. The van der Waals surface area contributed by atoms with Crippen molar-refractivity contribution in [3.63, 3.8) is 0 Å². The fraction of sp³-hybridized carbons (Fsp3) is 0.360. The molecule has 0 amide bonds. The number of hydrogen-bond donors (Lipinski definition) is 0. The molecule has 2 heterocycles. The van der Waals surface area contributed by atoms with Gasteiger partial charge in [0.05, 0.1) is 0 Å². The highest BCUT2D eigenvalue weighted by atomic mass is 15.3. The number of aromatic nitrogens is 2. The number of benzene rings is 2. The molecular weight excluding hydrogens is 356 g/mol. The topological polar surface area (TPSA) is 32.3 Å². The fourth-order valence-corrected chi connectivity index (χ4v) is 5.71. The van der Waals surface area contributed by atoms with Gasteiger partial charge >= 0.3 is 0 Å². The van der Waals surface area contributed by atoms with Crippen molar-refractivity contribution in [3.8, 4) is 0 Å². The molecule has 0 radical (unpaired) electrons. The predicted molar refractivity (Wildman–Crippen MR) is 115 cm³/mol. The summed E-state index contributed by atoms with van der Waals surface area (Å²) in [6.45, 7) is 5.17. The zero-order chi connectivity index (χ0) is 19.2. The van der Waals surface area contributed by atoms with E-state index < -0.39 is 0 Å². The Morgan fingerprint density at radius 3 is 2.21 bits per heavy atom. The van der Waals surface area contributed by atoms with Gasteiger partial charge in [0.25, 0.3) is 0 Å². The molecular formula is C25H26N4. The second kappa shape index (κ2) is 6.96. The number of piperazine rings is 1. The maximum Gasteiger partial charge on any atom is 0.225 e. The zero-order valence-electron chi connectivity index (χ0n) is 16.7. The van der Waals surface area contributed by atoms with Crippen molar-refractivity contribution in [3.05, 3.63) is 88.7 Å². The second-order valence-corrected chi connectivity index (χ2v) is 8.54. The Balaban J connectivity index is 1.24. The highest BCUT2D eigenvalue weighted by molar-refractivity contribution is 5.57. The van der Waals surface area contributed by atoms with E-state index in [0.717, 1.165) is 38.7 Å². The van der Waals surface area contributed by atoms with Gasteiger partial charge in [0, 0.05) is 57.0 Å². The summed E-state index contributed by atoms with van der Waals surface area (Å²) in [5.41, 5.74) is 7.92. The summed E-state index contributed by atoms with van der Waals surface area (Å²) in [4.78, 5) is 13.7. The molecule has 2 unspecified atom stereocenters. The quantitative estimate of drug-likeness (QED) is 0.681. The molecule has 3 aromatic rings. The molecule has 0 saturated carbocycles. The van der Waals surface area contributed by atoms with Crippen molar-refractivity contribution in [2.24, 2.45) is 0 Å². The smallest absolute Gasteiger partial charge is 0.225 e. The molecule has 1 saturated heterocycles. The lowest BCUT2D eigenvalue weighted by atomic mass is 9.63. The van der Waals surface area contributed by atoms with Crippen molar-refractivity contribution in [2.75, 3.05) is 31.1 Å². The maximum absolute atomic E-state index is 4.41. The molecule has 0 spiro atoms. The van der Waals surface area contributed by atoms with Gasteiger partial charge in [-0.2, -0.15) is 0 Å². The van der Waals surface area contributed by atoms with Crippen LogP contribution in [-0.4, -0.2) is 41.0 Å². The number of fused-ring (bicyclic) bond motifs is 1. The minimum Gasteiger partial charge on any atom is -0.338 e. The SMILES string of the molecule is c1cnc(N2CCN(Cc3cccc4c3C3CCC4c4ccccc43)CC2)nc1. The molecule has 4 nitrogen and oxygen atoms in total. The Hall–Kier alpha value is -2.72. The van der Waals surface area contributed by atoms with Crippen molar-refractivity contribution in [1.29, 1.82) is 0 Å². The third-order valence-corrected chi connectivity index (χ3v) is 7.05. The first-order valence-corrected chi connectivity index (χ1v) is 10.8. The first kappa shape index (κ1) is 17.2. The van der Waals surface area contributed by atoms with Crippen molar-refractivity contribution in [2.45, 2.75) is 31.2 Å². The Morgan fingerprint density at radius 2 is 1.41 bits per heavy atom. The first-order chi connectivity index (χ1) is 14.4. The van der Waals surface area contributed by atoms with Crippen molar-refractivity contribution >= 4 is 5.95 Å². The van der Waals surface area contributed by atoms with E-state index in [1.54, 1.807) is 22.3 Å². The minimum atomic E-state index is 0.585. The monoisotopic (exact) mass is 382 g/mol. The number of anilines is 1. The van der Waals surface area contributed by atoms with Gasteiger partial charge in [-0.15, -0.1) is 0 Å². The molecule has 3 aliphatic carbocycles. The van der Waals surface area contributed by atoms with Gasteiger partial charge in [-0.05, 0) is 46.7 Å². The van der Waals surface area contributed by atoms with E-state index >= 15 is 0 Å². The molecule has 0 N–H and O–H groups in total. The van der Waals surface area contributed by atoms with Gasteiger partial charge in [0.2, 0.25) is 5.95 Å². The van der Waals surface area contributed by atoms with Crippen LogP contribution >= 0.6 is 0 Å². The van der Waals surface area contributed by atoms with Gasteiger partial charge in [-0.1, -0.05) is 42.5 Å². The standard InChI is InChI=1S/C25H26N4/c1-2-7-20-19(6-1)21-9-10-23(20)24-18(5-3-8-22(21)24)17-28-13-15-29(16-14-28)25-26-11-4-12-27-25/h1-8,11-12,21,23H,9-10,13-17H2. The molecule has 2 bridgehead atoms. The Bertz CT molecular complexity index is 1020. The van der Waals surface area contributed by atoms with Gasteiger partial charge in [0.1, 0.15) is 0 Å². The maximum atomic E-state index is 4.41. The van der Waals surface area contributed by atoms with E-state index in [9.17, 15) is 0 Å². The lowest BCUT2D eigenvalue weighted by Crippen LogP contribution is -2.46. The summed E-state index contributed by atoms with van der Waals surface area (Å²) < 4.78 is 0. The van der Waals surface area contributed by atoms with Crippen LogP contribution in [0.2, 0.25) is 0 Å². The van der Waals surface area contributed by atoms with E-state index in [-0.39, 0.29) is 0 Å². The van der Waals surface area contributed by atoms with Crippen LogP contribution in [0.25, 0.3) is 0 Å². The molecule has 146 valence electrons.